The van der Waals surface area contributed by atoms with Gasteiger partial charge in [0.15, 0.2) is 0 Å². The van der Waals surface area contributed by atoms with Crippen molar-refractivity contribution in [3.05, 3.63) is 47.2 Å². The SMILES string of the molecule is CCCCCC(C)c1ccc([C@@H]2C=C(OC)CC2)cc1. The van der Waals surface area contributed by atoms with Gasteiger partial charge in [0, 0.05) is 12.3 Å². The zero-order valence-corrected chi connectivity index (χ0v) is 13.2. The molecule has 1 nitrogen and oxygen atoms in total. The van der Waals surface area contributed by atoms with Crippen LogP contribution in [-0.2, 0) is 4.74 Å². The van der Waals surface area contributed by atoms with Crippen molar-refractivity contribution >= 4 is 0 Å². The zero-order chi connectivity index (χ0) is 14.4. The molecule has 1 aliphatic rings. The maximum absolute atomic E-state index is 5.34. The van der Waals surface area contributed by atoms with E-state index in [0.29, 0.717) is 11.8 Å². The molecule has 1 heteroatoms. The van der Waals surface area contributed by atoms with Crippen LogP contribution in [0.1, 0.15) is 75.3 Å². The Morgan fingerprint density at radius 1 is 1.20 bits per heavy atom. The number of ether oxygens (including phenoxy) is 1. The van der Waals surface area contributed by atoms with Gasteiger partial charge < -0.3 is 4.74 Å². The van der Waals surface area contributed by atoms with Crippen molar-refractivity contribution in [1.82, 2.24) is 0 Å². The molecule has 1 unspecified atom stereocenters. The van der Waals surface area contributed by atoms with Crippen LogP contribution in [0.3, 0.4) is 0 Å². The number of methoxy groups -OCH3 is 1. The van der Waals surface area contributed by atoms with Crippen molar-refractivity contribution in [3.8, 4) is 0 Å². The minimum absolute atomic E-state index is 0.550. The van der Waals surface area contributed by atoms with E-state index in [1.54, 1.807) is 7.11 Å². The quantitative estimate of drug-likeness (QED) is 0.572. The van der Waals surface area contributed by atoms with Crippen LogP contribution in [0, 0.1) is 0 Å². The number of hydrogen-bond acceptors (Lipinski definition) is 1. The minimum atomic E-state index is 0.550. The lowest BCUT2D eigenvalue weighted by molar-refractivity contribution is 0.282. The van der Waals surface area contributed by atoms with Crippen LogP contribution in [0.25, 0.3) is 0 Å². The molecular formula is C19H28O. The Hall–Kier alpha value is -1.24. The van der Waals surface area contributed by atoms with Crippen molar-refractivity contribution in [2.75, 3.05) is 7.11 Å². The fourth-order valence-corrected chi connectivity index (χ4v) is 3.06. The molecule has 110 valence electrons. The number of rotatable bonds is 7. The van der Waals surface area contributed by atoms with Gasteiger partial charge in [-0.25, -0.2) is 0 Å². The Kier molecular flexibility index (Phi) is 5.70. The molecule has 20 heavy (non-hydrogen) atoms. The maximum Gasteiger partial charge on any atom is 0.0922 e. The Balaban J connectivity index is 1.94. The van der Waals surface area contributed by atoms with Gasteiger partial charge in [-0.3, -0.25) is 0 Å². The monoisotopic (exact) mass is 272 g/mol. The average molecular weight is 272 g/mol. The highest BCUT2D eigenvalue weighted by molar-refractivity contribution is 5.31. The summed E-state index contributed by atoms with van der Waals surface area (Å²) in [4.78, 5) is 0. The second-order valence-electron chi connectivity index (χ2n) is 6.05. The van der Waals surface area contributed by atoms with Gasteiger partial charge in [0.2, 0.25) is 0 Å². The van der Waals surface area contributed by atoms with Crippen LogP contribution >= 0.6 is 0 Å². The predicted molar refractivity (Wildman–Crippen MR) is 86.1 cm³/mol. The van der Waals surface area contributed by atoms with Crippen LogP contribution in [0.4, 0.5) is 0 Å². The van der Waals surface area contributed by atoms with Crippen LogP contribution in [0.15, 0.2) is 36.1 Å². The van der Waals surface area contributed by atoms with Crippen molar-refractivity contribution in [2.24, 2.45) is 0 Å². The van der Waals surface area contributed by atoms with E-state index in [-0.39, 0.29) is 0 Å². The fourth-order valence-electron chi connectivity index (χ4n) is 3.06. The summed E-state index contributed by atoms with van der Waals surface area (Å²) in [6.07, 6.45) is 9.87. The van der Waals surface area contributed by atoms with E-state index in [0.717, 1.165) is 12.2 Å². The van der Waals surface area contributed by atoms with E-state index < -0.39 is 0 Å². The molecule has 0 aromatic heterocycles. The van der Waals surface area contributed by atoms with Crippen LogP contribution in [0.2, 0.25) is 0 Å². The lowest BCUT2D eigenvalue weighted by atomic mass is 9.91. The Labute approximate surface area is 124 Å². The molecule has 0 saturated carbocycles. The van der Waals surface area contributed by atoms with E-state index >= 15 is 0 Å². The van der Waals surface area contributed by atoms with Gasteiger partial charge in [-0.05, 0) is 36.0 Å². The van der Waals surface area contributed by atoms with E-state index in [4.69, 9.17) is 4.74 Å². The molecule has 0 spiro atoms. The average Bonchev–Trinajstić information content (AvgIpc) is 2.96. The number of allylic oxidation sites excluding steroid dienone is 2. The first kappa shape index (κ1) is 15.2. The molecule has 0 heterocycles. The first-order chi connectivity index (χ1) is 9.74. The first-order valence-corrected chi connectivity index (χ1v) is 8.09. The largest absolute Gasteiger partial charge is 0.501 e. The number of hydrogen-bond donors (Lipinski definition) is 0. The summed E-state index contributed by atoms with van der Waals surface area (Å²) >= 11 is 0. The summed E-state index contributed by atoms with van der Waals surface area (Å²) < 4.78 is 5.34. The van der Waals surface area contributed by atoms with E-state index in [1.165, 1.54) is 43.2 Å². The Bertz CT molecular complexity index is 430. The Morgan fingerprint density at radius 2 is 1.95 bits per heavy atom. The van der Waals surface area contributed by atoms with Gasteiger partial charge >= 0.3 is 0 Å². The highest BCUT2D eigenvalue weighted by atomic mass is 16.5. The van der Waals surface area contributed by atoms with Crippen LogP contribution in [0.5, 0.6) is 0 Å². The molecule has 1 aromatic carbocycles. The van der Waals surface area contributed by atoms with Crippen LogP contribution < -0.4 is 0 Å². The van der Waals surface area contributed by atoms with Gasteiger partial charge in [-0.15, -0.1) is 0 Å². The molecular weight excluding hydrogens is 244 g/mol. The summed E-state index contributed by atoms with van der Waals surface area (Å²) in [5.74, 6) is 2.38. The van der Waals surface area contributed by atoms with Crippen molar-refractivity contribution in [1.29, 1.82) is 0 Å². The summed E-state index contributed by atoms with van der Waals surface area (Å²) in [5, 5.41) is 0. The molecule has 0 N–H and O–H groups in total. The molecule has 1 aliphatic carbocycles. The molecule has 2 rings (SSSR count). The highest BCUT2D eigenvalue weighted by Crippen LogP contribution is 2.33. The second kappa shape index (κ2) is 7.52. The standard InChI is InChI=1S/C19H28O/c1-4-5-6-7-15(2)16-8-10-17(11-9-16)18-12-13-19(14-18)20-3/h8-11,14-15,18H,4-7,12-13H2,1-3H3/t15?,18-/m0/s1. The summed E-state index contributed by atoms with van der Waals surface area (Å²) in [6.45, 7) is 4.62. The third-order valence-corrected chi connectivity index (χ3v) is 4.53. The van der Waals surface area contributed by atoms with E-state index in [2.05, 4.69) is 44.2 Å². The normalized spacial score (nSPS) is 19.8. The maximum atomic E-state index is 5.34. The lowest BCUT2D eigenvalue weighted by Gasteiger charge is -2.14. The molecule has 0 aliphatic heterocycles. The van der Waals surface area contributed by atoms with Gasteiger partial charge in [-0.2, -0.15) is 0 Å². The zero-order valence-electron chi connectivity index (χ0n) is 13.2. The number of benzene rings is 1. The van der Waals surface area contributed by atoms with E-state index in [1.807, 2.05) is 0 Å². The van der Waals surface area contributed by atoms with Crippen LogP contribution in [-0.4, -0.2) is 7.11 Å². The van der Waals surface area contributed by atoms with Gasteiger partial charge in [0.25, 0.3) is 0 Å². The van der Waals surface area contributed by atoms with Crippen molar-refractivity contribution in [3.63, 3.8) is 0 Å². The van der Waals surface area contributed by atoms with E-state index in [9.17, 15) is 0 Å². The molecule has 1 aromatic rings. The second-order valence-corrected chi connectivity index (χ2v) is 6.05. The van der Waals surface area contributed by atoms with Crippen molar-refractivity contribution in [2.45, 2.75) is 64.2 Å². The lowest BCUT2D eigenvalue weighted by Crippen LogP contribution is -1.96. The van der Waals surface area contributed by atoms with Gasteiger partial charge in [-0.1, -0.05) is 57.4 Å². The topological polar surface area (TPSA) is 9.23 Å². The highest BCUT2D eigenvalue weighted by Gasteiger charge is 2.18. The predicted octanol–water partition coefficient (Wildman–Crippen LogP) is 5.78. The van der Waals surface area contributed by atoms with Crippen molar-refractivity contribution < 1.29 is 4.74 Å². The first-order valence-electron chi connectivity index (χ1n) is 8.09. The molecule has 0 radical (unpaired) electrons. The Morgan fingerprint density at radius 3 is 2.55 bits per heavy atom. The third-order valence-electron chi connectivity index (χ3n) is 4.53. The van der Waals surface area contributed by atoms with Gasteiger partial charge in [0.1, 0.15) is 0 Å². The molecule has 2 atom stereocenters. The molecule has 0 amide bonds. The summed E-state index contributed by atoms with van der Waals surface area (Å²) in [7, 11) is 1.77. The minimum Gasteiger partial charge on any atom is -0.501 e. The summed E-state index contributed by atoms with van der Waals surface area (Å²) in [5.41, 5.74) is 2.92. The molecule has 0 bridgehead atoms. The smallest absolute Gasteiger partial charge is 0.0922 e. The fraction of sp³-hybridized carbons (Fsp3) is 0.579. The summed E-state index contributed by atoms with van der Waals surface area (Å²) in [6, 6.07) is 9.27. The third kappa shape index (κ3) is 3.88. The molecule has 0 saturated heterocycles. The number of unbranched alkanes of at least 4 members (excludes halogenated alkanes) is 2. The molecule has 0 fully saturated rings. The van der Waals surface area contributed by atoms with Gasteiger partial charge in [0.05, 0.1) is 12.9 Å².